The van der Waals surface area contributed by atoms with Crippen molar-refractivity contribution in [1.82, 2.24) is 10.3 Å². The molecule has 2 heterocycles. The van der Waals surface area contributed by atoms with Gasteiger partial charge in [-0.15, -0.1) is 0 Å². The van der Waals surface area contributed by atoms with Gasteiger partial charge in [-0.25, -0.2) is 4.98 Å². The van der Waals surface area contributed by atoms with Gasteiger partial charge in [-0.1, -0.05) is 13.3 Å². The molecule has 0 bridgehead atoms. The summed E-state index contributed by atoms with van der Waals surface area (Å²) in [4.78, 5) is 7.32. The van der Waals surface area contributed by atoms with Crippen LogP contribution in [-0.4, -0.2) is 35.1 Å². The van der Waals surface area contributed by atoms with Gasteiger partial charge in [-0.2, -0.15) is 11.8 Å². The van der Waals surface area contributed by atoms with E-state index in [4.69, 9.17) is 4.98 Å². The van der Waals surface area contributed by atoms with Crippen LogP contribution in [0, 0.1) is 0 Å². The molecule has 0 spiro atoms. The summed E-state index contributed by atoms with van der Waals surface area (Å²) in [6, 6.07) is 4.54. The molecule has 2 rings (SSSR count). The summed E-state index contributed by atoms with van der Waals surface area (Å²) < 4.78 is 0. The molecule has 0 aromatic carbocycles. The van der Waals surface area contributed by atoms with Crippen molar-refractivity contribution in [2.75, 3.05) is 29.5 Å². The van der Waals surface area contributed by atoms with E-state index in [-0.39, 0.29) is 5.54 Å². The molecule has 1 aromatic rings. The molecule has 1 fully saturated rings. The van der Waals surface area contributed by atoms with Gasteiger partial charge in [-0.3, -0.25) is 0 Å². The van der Waals surface area contributed by atoms with Crippen LogP contribution in [0.5, 0.6) is 0 Å². The molecule has 118 valence electrons. The van der Waals surface area contributed by atoms with Crippen LogP contribution in [0.1, 0.15) is 45.4 Å². The van der Waals surface area contributed by atoms with Gasteiger partial charge >= 0.3 is 0 Å². The zero-order valence-electron chi connectivity index (χ0n) is 13.9. The van der Waals surface area contributed by atoms with Crippen molar-refractivity contribution < 1.29 is 0 Å². The zero-order chi connectivity index (χ0) is 15.3. The van der Waals surface area contributed by atoms with E-state index < -0.39 is 0 Å². The topological polar surface area (TPSA) is 28.2 Å². The van der Waals surface area contributed by atoms with Crippen LogP contribution >= 0.6 is 11.8 Å². The van der Waals surface area contributed by atoms with Gasteiger partial charge in [0.1, 0.15) is 5.82 Å². The van der Waals surface area contributed by atoms with Crippen LogP contribution in [0.4, 0.5) is 5.82 Å². The number of thioether (sulfide) groups is 1. The normalized spacial score (nSPS) is 16.3. The average Bonchev–Trinajstić information content (AvgIpc) is 2.46. The summed E-state index contributed by atoms with van der Waals surface area (Å²) in [6.07, 6.45) is 2.22. The molecule has 1 aliphatic heterocycles. The highest BCUT2D eigenvalue weighted by atomic mass is 32.2. The number of hydrogen-bond donors (Lipinski definition) is 1. The van der Waals surface area contributed by atoms with Crippen molar-refractivity contribution >= 4 is 17.6 Å². The monoisotopic (exact) mass is 307 g/mol. The molecule has 0 unspecified atom stereocenters. The highest BCUT2D eigenvalue weighted by molar-refractivity contribution is 7.99. The third kappa shape index (κ3) is 5.51. The van der Waals surface area contributed by atoms with Gasteiger partial charge in [0.05, 0.1) is 0 Å². The fraction of sp³-hybridized carbons (Fsp3) is 0.706. The quantitative estimate of drug-likeness (QED) is 0.901. The van der Waals surface area contributed by atoms with E-state index in [0.717, 1.165) is 32.5 Å². The smallest absolute Gasteiger partial charge is 0.129 e. The first-order chi connectivity index (χ1) is 9.98. The van der Waals surface area contributed by atoms with E-state index in [9.17, 15) is 0 Å². The number of anilines is 1. The Hall–Kier alpha value is -0.740. The summed E-state index contributed by atoms with van der Waals surface area (Å²) in [7, 11) is 0. The maximum absolute atomic E-state index is 4.88. The van der Waals surface area contributed by atoms with Crippen molar-refractivity contribution in [3.05, 3.63) is 23.4 Å². The van der Waals surface area contributed by atoms with E-state index in [1.165, 1.54) is 28.6 Å². The predicted octanol–water partition coefficient (Wildman–Crippen LogP) is 3.48. The van der Waals surface area contributed by atoms with Gasteiger partial charge in [0.25, 0.3) is 0 Å². The maximum atomic E-state index is 4.88. The predicted molar refractivity (Wildman–Crippen MR) is 94.4 cm³/mol. The Morgan fingerprint density at radius 1 is 1.24 bits per heavy atom. The highest BCUT2D eigenvalue weighted by Crippen LogP contribution is 2.20. The first kappa shape index (κ1) is 16.6. The van der Waals surface area contributed by atoms with Crippen molar-refractivity contribution in [2.45, 2.75) is 52.6 Å². The number of pyridine rings is 1. The van der Waals surface area contributed by atoms with Crippen molar-refractivity contribution in [2.24, 2.45) is 0 Å². The lowest BCUT2D eigenvalue weighted by atomic mass is 10.1. The molecule has 0 amide bonds. The van der Waals surface area contributed by atoms with E-state index in [1.54, 1.807) is 0 Å². The third-order valence-electron chi connectivity index (χ3n) is 3.59. The molecule has 21 heavy (non-hydrogen) atoms. The molecule has 4 heteroatoms. The Labute approximate surface area is 133 Å². The SMILES string of the molecule is CCCc1cc(CNC(C)(C)C)cc(N2CCSCC2)n1. The van der Waals surface area contributed by atoms with E-state index in [1.807, 2.05) is 11.8 Å². The van der Waals surface area contributed by atoms with Gasteiger partial charge < -0.3 is 10.2 Å². The molecular weight excluding hydrogens is 278 g/mol. The number of hydrogen-bond acceptors (Lipinski definition) is 4. The van der Waals surface area contributed by atoms with Gasteiger partial charge in [0.15, 0.2) is 0 Å². The number of aryl methyl sites for hydroxylation is 1. The molecule has 3 nitrogen and oxygen atoms in total. The average molecular weight is 308 g/mol. The summed E-state index contributed by atoms with van der Waals surface area (Å²) in [6.45, 7) is 12.0. The Morgan fingerprint density at radius 2 is 1.95 bits per heavy atom. The largest absolute Gasteiger partial charge is 0.355 e. The van der Waals surface area contributed by atoms with Gasteiger partial charge in [-0.05, 0) is 44.9 Å². The maximum Gasteiger partial charge on any atom is 0.129 e. The number of nitrogens with one attached hydrogen (secondary N) is 1. The molecule has 0 radical (unpaired) electrons. The van der Waals surface area contributed by atoms with Crippen LogP contribution in [-0.2, 0) is 13.0 Å². The second-order valence-corrected chi connectivity index (χ2v) is 8.00. The molecule has 0 aliphatic carbocycles. The minimum absolute atomic E-state index is 0.149. The molecule has 0 atom stereocenters. The van der Waals surface area contributed by atoms with E-state index in [0.29, 0.717) is 0 Å². The third-order valence-corrected chi connectivity index (χ3v) is 4.53. The van der Waals surface area contributed by atoms with E-state index in [2.05, 4.69) is 50.0 Å². The van der Waals surface area contributed by atoms with Gasteiger partial charge in [0, 0.05) is 42.4 Å². The lowest BCUT2D eigenvalue weighted by molar-refractivity contribution is 0.424. The fourth-order valence-corrected chi connectivity index (χ4v) is 3.34. The van der Waals surface area contributed by atoms with Crippen LogP contribution in [0.15, 0.2) is 12.1 Å². The molecule has 1 saturated heterocycles. The summed E-state index contributed by atoms with van der Waals surface area (Å²) in [5.74, 6) is 3.61. The summed E-state index contributed by atoms with van der Waals surface area (Å²) in [5.41, 5.74) is 2.74. The van der Waals surface area contributed by atoms with Crippen molar-refractivity contribution in [1.29, 1.82) is 0 Å². The molecule has 1 aliphatic rings. The van der Waals surface area contributed by atoms with Crippen molar-refractivity contribution in [3.8, 4) is 0 Å². The second-order valence-electron chi connectivity index (χ2n) is 6.78. The van der Waals surface area contributed by atoms with Crippen LogP contribution in [0.2, 0.25) is 0 Å². The summed E-state index contributed by atoms with van der Waals surface area (Å²) >= 11 is 2.04. The molecule has 1 N–H and O–H groups in total. The number of aromatic nitrogens is 1. The molecular formula is C17H29N3S. The van der Waals surface area contributed by atoms with Crippen LogP contribution in [0.25, 0.3) is 0 Å². The highest BCUT2D eigenvalue weighted by Gasteiger charge is 2.15. The van der Waals surface area contributed by atoms with Crippen LogP contribution < -0.4 is 10.2 Å². The Morgan fingerprint density at radius 3 is 2.57 bits per heavy atom. The molecule has 1 aromatic heterocycles. The van der Waals surface area contributed by atoms with Gasteiger partial charge in [0.2, 0.25) is 0 Å². The van der Waals surface area contributed by atoms with E-state index >= 15 is 0 Å². The number of rotatable bonds is 5. The van der Waals surface area contributed by atoms with Crippen molar-refractivity contribution in [3.63, 3.8) is 0 Å². The molecule has 0 saturated carbocycles. The standard InChI is InChI=1S/C17H29N3S/c1-5-6-15-11-14(13-18-17(2,3)4)12-16(19-15)20-7-9-21-10-8-20/h11-12,18H,5-10,13H2,1-4H3. The minimum Gasteiger partial charge on any atom is -0.355 e. The Bertz CT molecular complexity index is 448. The number of nitrogens with zero attached hydrogens (tertiary/aromatic N) is 2. The zero-order valence-corrected chi connectivity index (χ0v) is 14.7. The first-order valence-electron chi connectivity index (χ1n) is 8.05. The lowest BCUT2D eigenvalue weighted by Gasteiger charge is -2.28. The second kappa shape index (κ2) is 7.50. The Balaban J connectivity index is 2.16. The van der Waals surface area contributed by atoms with Crippen LogP contribution in [0.3, 0.4) is 0 Å². The first-order valence-corrected chi connectivity index (χ1v) is 9.21. The minimum atomic E-state index is 0.149. The fourth-order valence-electron chi connectivity index (χ4n) is 2.44. The summed E-state index contributed by atoms with van der Waals surface area (Å²) in [5, 5.41) is 3.59. The Kier molecular flexibility index (Phi) is 5.94. The lowest BCUT2D eigenvalue weighted by Crippen LogP contribution is -2.35.